The largest absolute Gasteiger partial charge is 0.310 e. The van der Waals surface area contributed by atoms with E-state index in [2.05, 4.69) is 10.3 Å². The van der Waals surface area contributed by atoms with Crippen molar-refractivity contribution in [1.82, 2.24) is 9.55 Å². The van der Waals surface area contributed by atoms with E-state index in [0.717, 1.165) is 21.7 Å². The Bertz CT molecular complexity index is 969. The maximum Gasteiger partial charge on any atom is 0.258 e. The third-order valence-corrected chi connectivity index (χ3v) is 4.92. The van der Waals surface area contributed by atoms with Gasteiger partial charge in [-0.2, -0.15) is 0 Å². The van der Waals surface area contributed by atoms with Crippen molar-refractivity contribution in [1.29, 1.82) is 0 Å². The predicted molar refractivity (Wildman–Crippen MR) is 101 cm³/mol. The third-order valence-electron chi connectivity index (χ3n) is 3.93. The van der Waals surface area contributed by atoms with Crippen LogP contribution in [0.4, 0.5) is 5.13 Å². The van der Waals surface area contributed by atoms with Crippen LogP contribution in [0.2, 0.25) is 0 Å². The molecule has 0 atom stereocenters. The molecule has 3 rings (SSSR count). The SMILES string of the molecule is Cc1cccc(Cn2cc(C(=O)Nc3nc(C)c(C)s3)ccc2=O)c1. The van der Waals surface area contributed by atoms with Crippen LogP contribution in [0.15, 0.2) is 47.4 Å². The summed E-state index contributed by atoms with van der Waals surface area (Å²) in [5.41, 5.74) is 3.35. The second kappa shape index (κ2) is 7.03. The fraction of sp³-hybridized carbons (Fsp3) is 0.211. The summed E-state index contributed by atoms with van der Waals surface area (Å²) in [6.45, 7) is 6.31. The van der Waals surface area contributed by atoms with Crippen molar-refractivity contribution in [3.8, 4) is 0 Å². The maximum absolute atomic E-state index is 12.4. The number of hydrogen-bond donors (Lipinski definition) is 1. The van der Waals surface area contributed by atoms with Crippen LogP contribution in [-0.4, -0.2) is 15.5 Å². The lowest BCUT2D eigenvalue weighted by atomic mass is 10.1. The number of aryl methyl sites for hydroxylation is 3. The van der Waals surface area contributed by atoms with Gasteiger partial charge in [0.05, 0.1) is 17.8 Å². The summed E-state index contributed by atoms with van der Waals surface area (Å²) in [5.74, 6) is -0.272. The Balaban J connectivity index is 1.83. The fourth-order valence-electron chi connectivity index (χ4n) is 2.49. The van der Waals surface area contributed by atoms with Crippen molar-refractivity contribution < 1.29 is 4.79 Å². The highest BCUT2D eigenvalue weighted by Crippen LogP contribution is 2.21. The topological polar surface area (TPSA) is 64.0 Å². The molecular formula is C19H19N3O2S. The number of aromatic nitrogens is 2. The Morgan fingerprint density at radius 2 is 2.00 bits per heavy atom. The number of pyridine rings is 1. The number of nitrogens with zero attached hydrogens (tertiary/aromatic N) is 2. The van der Waals surface area contributed by atoms with E-state index >= 15 is 0 Å². The van der Waals surface area contributed by atoms with Crippen LogP contribution in [0, 0.1) is 20.8 Å². The molecule has 128 valence electrons. The van der Waals surface area contributed by atoms with Gasteiger partial charge in [0.25, 0.3) is 11.5 Å². The van der Waals surface area contributed by atoms with E-state index in [1.54, 1.807) is 10.8 Å². The van der Waals surface area contributed by atoms with Gasteiger partial charge in [-0.05, 0) is 32.4 Å². The van der Waals surface area contributed by atoms with Crippen LogP contribution in [0.25, 0.3) is 0 Å². The van der Waals surface area contributed by atoms with E-state index in [-0.39, 0.29) is 11.5 Å². The number of carbonyl (C=O) groups excluding carboxylic acids is 1. The van der Waals surface area contributed by atoms with E-state index in [9.17, 15) is 9.59 Å². The van der Waals surface area contributed by atoms with Crippen molar-refractivity contribution >= 4 is 22.4 Å². The van der Waals surface area contributed by atoms with Crippen LogP contribution in [0.1, 0.15) is 32.1 Å². The Hall–Kier alpha value is -2.73. The average molecular weight is 353 g/mol. The van der Waals surface area contributed by atoms with Crippen molar-refractivity contribution in [2.45, 2.75) is 27.3 Å². The highest BCUT2D eigenvalue weighted by Gasteiger charge is 2.11. The molecule has 0 aliphatic carbocycles. The fourth-order valence-corrected chi connectivity index (χ4v) is 3.30. The van der Waals surface area contributed by atoms with Gasteiger partial charge in [-0.15, -0.1) is 11.3 Å². The number of hydrogen-bond acceptors (Lipinski definition) is 4. The van der Waals surface area contributed by atoms with Crippen molar-refractivity contribution in [3.63, 3.8) is 0 Å². The van der Waals surface area contributed by atoms with Crippen molar-refractivity contribution in [3.05, 3.63) is 80.2 Å². The first kappa shape index (κ1) is 17.1. The zero-order valence-corrected chi connectivity index (χ0v) is 15.2. The van der Waals surface area contributed by atoms with Gasteiger partial charge in [0.15, 0.2) is 5.13 Å². The second-order valence-electron chi connectivity index (χ2n) is 5.99. The minimum atomic E-state index is -0.272. The van der Waals surface area contributed by atoms with Gasteiger partial charge in [-0.25, -0.2) is 4.98 Å². The molecule has 0 radical (unpaired) electrons. The molecule has 3 aromatic rings. The van der Waals surface area contributed by atoms with Crippen molar-refractivity contribution in [2.24, 2.45) is 0 Å². The number of carbonyl (C=O) groups is 1. The molecule has 6 heteroatoms. The van der Waals surface area contributed by atoms with Crippen LogP contribution in [0.5, 0.6) is 0 Å². The van der Waals surface area contributed by atoms with E-state index in [1.807, 2.05) is 45.0 Å². The van der Waals surface area contributed by atoms with Crippen LogP contribution >= 0.6 is 11.3 Å². The number of rotatable bonds is 4. The summed E-state index contributed by atoms with van der Waals surface area (Å²) in [6, 6.07) is 10.9. The Morgan fingerprint density at radius 1 is 1.20 bits per heavy atom. The van der Waals surface area contributed by atoms with E-state index < -0.39 is 0 Å². The first-order valence-corrected chi connectivity index (χ1v) is 8.75. The Morgan fingerprint density at radius 3 is 2.68 bits per heavy atom. The summed E-state index contributed by atoms with van der Waals surface area (Å²) < 4.78 is 1.54. The van der Waals surface area contributed by atoms with Gasteiger partial charge >= 0.3 is 0 Å². The molecule has 0 saturated heterocycles. The average Bonchev–Trinajstić information content (AvgIpc) is 2.87. The summed E-state index contributed by atoms with van der Waals surface area (Å²) in [6.07, 6.45) is 1.59. The van der Waals surface area contributed by atoms with Gasteiger partial charge in [0.1, 0.15) is 0 Å². The summed E-state index contributed by atoms with van der Waals surface area (Å²) in [5, 5.41) is 3.36. The molecule has 1 aromatic carbocycles. The van der Waals surface area contributed by atoms with Crippen LogP contribution in [-0.2, 0) is 6.54 Å². The molecule has 2 aromatic heterocycles. The molecule has 0 fully saturated rings. The summed E-state index contributed by atoms with van der Waals surface area (Å²) in [7, 11) is 0. The monoisotopic (exact) mass is 353 g/mol. The number of nitrogens with one attached hydrogen (secondary N) is 1. The molecule has 0 unspecified atom stereocenters. The zero-order chi connectivity index (χ0) is 18.0. The number of anilines is 1. The number of amides is 1. The highest BCUT2D eigenvalue weighted by molar-refractivity contribution is 7.15. The first-order chi connectivity index (χ1) is 11.9. The molecule has 0 spiro atoms. The normalized spacial score (nSPS) is 10.7. The molecule has 0 aliphatic heterocycles. The van der Waals surface area contributed by atoms with Crippen molar-refractivity contribution in [2.75, 3.05) is 5.32 Å². The number of benzene rings is 1. The molecule has 5 nitrogen and oxygen atoms in total. The molecule has 1 N–H and O–H groups in total. The Labute approximate surface area is 150 Å². The van der Waals surface area contributed by atoms with Gasteiger partial charge in [0.2, 0.25) is 0 Å². The quantitative estimate of drug-likeness (QED) is 0.780. The standard InChI is InChI=1S/C19H19N3O2S/c1-12-5-4-6-15(9-12)10-22-11-16(7-8-17(22)23)18(24)21-19-20-13(2)14(3)25-19/h4-9,11H,10H2,1-3H3,(H,20,21,24). The van der Waals surface area contributed by atoms with E-state index in [1.165, 1.54) is 23.5 Å². The molecular weight excluding hydrogens is 334 g/mol. The van der Waals surface area contributed by atoms with Crippen LogP contribution in [0.3, 0.4) is 0 Å². The third kappa shape index (κ3) is 4.03. The van der Waals surface area contributed by atoms with E-state index in [0.29, 0.717) is 17.2 Å². The summed E-state index contributed by atoms with van der Waals surface area (Å²) >= 11 is 1.44. The van der Waals surface area contributed by atoms with Crippen LogP contribution < -0.4 is 10.9 Å². The van der Waals surface area contributed by atoms with E-state index in [4.69, 9.17) is 0 Å². The highest BCUT2D eigenvalue weighted by atomic mass is 32.1. The van der Waals surface area contributed by atoms with Gasteiger partial charge in [-0.1, -0.05) is 29.8 Å². The maximum atomic E-state index is 12.4. The van der Waals surface area contributed by atoms with Gasteiger partial charge < -0.3 is 4.57 Å². The zero-order valence-electron chi connectivity index (χ0n) is 14.4. The Kier molecular flexibility index (Phi) is 4.81. The molecule has 0 saturated carbocycles. The predicted octanol–water partition coefficient (Wildman–Crippen LogP) is 3.53. The van der Waals surface area contributed by atoms with Gasteiger partial charge in [0, 0.05) is 17.1 Å². The molecule has 0 bridgehead atoms. The van der Waals surface area contributed by atoms with Gasteiger partial charge in [-0.3, -0.25) is 14.9 Å². The lowest BCUT2D eigenvalue weighted by molar-refractivity contribution is 0.102. The number of thiazole rings is 1. The second-order valence-corrected chi connectivity index (χ2v) is 7.19. The molecule has 25 heavy (non-hydrogen) atoms. The lowest BCUT2D eigenvalue weighted by Gasteiger charge is -2.09. The lowest BCUT2D eigenvalue weighted by Crippen LogP contribution is -2.22. The minimum Gasteiger partial charge on any atom is -0.310 e. The minimum absolute atomic E-state index is 0.140. The molecule has 0 aliphatic rings. The molecule has 2 heterocycles. The first-order valence-electron chi connectivity index (χ1n) is 7.94. The summed E-state index contributed by atoms with van der Waals surface area (Å²) in [4.78, 5) is 29.9. The smallest absolute Gasteiger partial charge is 0.258 e. The molecule has 1 amide bonds.